The first-order chi connectivity index (χ1) is 23.4. The fourth-order valence-corrected chi connectivity index (χ4v) is 10.1. The minimum absolute atomic E-state index is 0.0625. The van der Waals surface area contributed by atoms with Crippen molar-refractivity contribution in [1.82, 2.24) is 10.4 Å². The van der Waals surface area contributed by atoms with Gasteiger partial charge in [-0.2, -0.15) is 16.8 Å². The Morgan fingerprint density at radius 3 is 2.71 bits per heavy atom. The van der Waals surface area contributed by atoms with E-state index in [9.17, 15) is 9.59 Å². The molecule has 3 fully saturated rings. The quantitative estimate of drug-likeness (QED) is 0.174. The molecule has 3 unspecified atom stereocenters. The van der Waals surface area contributed by atoms with Crippen LogP contribution in [-0.4, -0.2) is 79.3 Å². The summed E-state index contributed by atoms with van der Waals surface area (Å²) in [5.41, 5.74) is 4.56. The lowest BCUT2D eigenvalue weighted by molar-refractivity contribution is -0.154. The molecule has 3 aliphatic rings. The normalized spacial score (nSPS) is 27.0. The largest absolute Gasteiger partial charge is 0.496 e. The Balaban J connectivity index is 1.35. The van der Waals surface area contributed by atoms with Crippen LogP contribution < -0.4 is 15.0 Å². The maximum absolute atomic E-state index is 13.7. The summed E-state index contributed by atoms with van der Waals surface area (Å²) >= 11 is 5.69. The van der Waals surface area contributed by atoms with Crippen molar-refractivity contribution in [2.45, 2.75) is 88.9 Å². The molecule has 2 aliphatic heterocycles. The highest BCUT2D eigenvalue weighted by molar-refractivity contribution is 9.09. The Morgan fingerprint density at radius 1 is 1.24 bits per heavy atom. The van der Waals surface area contributed by atoms with Gasteiger partial charge in [0, 0.05) is 71.0 Å². The van der Waals surface area contributed by atoms with Crippen LogP contribution in [0.4, 0.5) is 5.69 Å². The molecule has 2 aromatic carbocycles. The molecule has 0 aromatic heterocycles. The van der Waals surface area contributed by atoms with Gasteiger partial charge in [0.05, 0.1) is 20.3 Å². The van der Waals surface area contributed by atoms with E-state index in [2.05, 4.69) is 60.0 Å². The summed E-state index contributed by atoms with van der Waals surface area (Å²) < 4.78 is 6.06. The molecular formula is C39H55BrN4O4S. The van der Waals surface area contributed by atoms with E-state index in [1.165, 1.54) is 0 Å². The van der Waals surface area contributed by atoms with Gasteiger partial charge in [-0.1, -0.05) is 61.8 Å². The third-order valence-corrected chi connectivity index (χ3v) is 13.2. The minimum Gasteiger partial charge on any atom is -0.496 e. The van der Waals surface area contributed by atoms with Gasteiger partial charge in [0.2, 0.25) is 0 Å². The number of rotatable bonds is 12. The van der Waals surface area contributed by atoms with Crippen LogP contribution in [0.5, 0.6) is 5.75 Å². The number of carbonyl (C=O) groups is 2. The maximum Gasteiger partial charge on any atom is 0.265 e. The van der Waals surface area contributed by atoms with Crippen LogP contribution in [0.3, 0.4) is 0 Å². The van der Waals surface area contributed by atoms with E-state index < -0.39 is 6.04 Å². The molecule has 268 valence electrons. The number of alkyl halides is 1. The molecule has 10 heteroatoms. The second kappa shape index (κ2) is 16.7. The number of anilines is 1. The third-order valence-electron chi connectivity index (χ3n) is 10.6. The number of hydroxylamine groups is 2. The summed E-state index contributed by atoms with van der Waals surface area (Å²) in [5, 5.41) is 5.53. The smallest absolute Gasteiger partial charge is 0.265 e. The number of para-hydroxylation sites is 1. The molecule has 1 aliphatic carbocycles. The van der Waals surface area contributed by atoms with Crippen LogP contribution in [0.25, 0.3) is 11.1 Å². The lowest BCUT2D eigenvalue weighted by Crippen LogP contribution is -2.38. The lowest BCUT2D eigenvalue weighted by Gasteiger charge is -2.37. The van der Waals surface area contributed by atoms with Crippen LogP contribution in [-0.2, 0) is 16.2 Å². The van der Waals surface area contributed by atoms with Crippen molar-refractivity contribution in [1.29, 1.82) is 0 Å². The first kappa shape index (κ1) is 37.8. The van der Waals surface area contributed by atoms with Crippen molar-refractivity contribution >= 4 is 51.4 Å². The second-order valence-electron chi connectivity index (χ2n) is 15.1. The number of halogens is 1. The van der Waals surface area contributed by atoms with Gasteiger partial charge in [-0.3, -0.25) is 14.4 Å². The predicted octanol–water partition coefficient (Wildman–Crippen LogP) is 8.02. The van der Waals surface area contributed by atoms with Gasteiger partial charge in [0.1, 0.15) is 11.8 Å². The van der Waals surface area contributed by atoms with Crippen molar-refractivity contribution < 1.29 is 19.2 Å². The summed E-state index contributed by atoms with van der Waals surface area (Å²) in [6.07, 6.45) is 8.20. The van der Waals surface area contributed by atoms with E-state index in [0.29, 0.717) is 58.3 Å². The average molecular weight is 756 g/mol. The van der Waals surface area contributed by atoms with E-state index >= 15 is 0 Å². The molecule has 2 heterocycles. The molecule has 0 radical (unpaired) electrons. The number of ether oxygens (including phenoxy) is 1. The van der Waals surface area contributed by atoms with Gasteiger partial charge < -0.3 is 15.0 Å². The molecule has 1 saturated carbocycles. The van der Waals surface area contributed by atoms with Crippen molar-refractivity contribution in [2.24, 2.45) is 28.2 Å². The van der Waals surface area contributed by atoms with Crippen molar-refractivity contribution in [3.8, 4) is 16.9 Å². The number of carbonyl (C=O) groups excluding carboxylic acids is 2. The van der Waals surface area contributed by atoms with E-state index in [0.717, 1.165) is 66.7 Å². The van der Waals surface area contributed by atoms with Gasteiger partial charge in [0.15, 0.2) is 0 Å². The Kier molecular flexibility index (Phi) is 12.9. The van der Waals surface area contributed by atoms with E-state index in [1.807, 2.05) is 67.3 Å². The summed E-state index contributed by atoms with van der Waals surface area (Å²) in [5.74, 6) is 2.49. The molecule has 0 bridgehead atoms. The number of hydrogen-bond acceptors (Lipinski definition) is 7. The molecule has 8 nitrogen and oxygen atoms in total. The Bertz CT molecular complexity index is 1500. The molecule has 2 aromatic rings. The van der Waals surface area contributed by atoms with Gasteiger partial charge in [-0.25, -0.2) is 4.99 Å². The zero-order valence-corrected chi connectivity index (χ0v) is 32.7. The van der Waals surface area contributed by atoms with Crippen molar-refractivity contribution in [3.63, 3.8) is 0 Å². The maximum atomic E-state index is 13.7. The predicted molar refractivity (Wildman–Crippen MR) is 206 cm³/mol. The number of nitrogens with one attached hydrogen (secondary N) is 1. The first-order valence-electron chi connectivity index (χ1n) is 17.9. The van der Waals surface area contributed by atoms with Crippen LogP contribution in [0, 0.1) is 23.2 Å². The Morgan fingerprint density at radius 2 is 2.04 bits per heavy atom. The number of aliphatic imine (C=N–C) groups is 1. The molecular weight excluding hydrogens is 700 g/mol. The van der Waals surface area contributed by atoms with Crippen LogP contribution >= 0.6 is 27.7 Å². The highest BCUT2D eigenvalue weighted by atomic mass is 79.9. The molecule has 1 N–H and O–H groups in total. The first-order valence-corrected chi connectivity index (χ1v) is 19.9. The van der Waals surface area contributed by atoms with Gasteiger partial charge in [-0.15, -0.1) is 0 Å². The second-order valence-corrected chi connectivity index (χ2v) is 17.8. The standard InChI is InChI=1S/C39H55BrN4O4S/c1-8-26-23-48-44(35(26)38(46)42-21-27-12-14-39(3,4)20-25(27)2)22-28-10-9-11-34(36(28)47-7)29-16-30(18-32(17-29)43(5)6)37(45)41-15-13-33-19-31(40)24-49-33/h9-11,16-18,21,25-27,31,33,35H,8,12-15,19-20,22-24H2,1-7H3,(H,41,45)/t25-,26-,27?,31?,33?,35-/m0/s1. The lowest BCUT2D eigenvalue weighted by atomic mass is 9.68. The number of hydrogen-bond donors (Lipinski definition) is 1. The fourth-order valence-electron chi connectivity index (χ4n) is 7.66. The van der Waals surface area contributed by atoms with Crippen LogP contribution in [0.2, 0.25) is 0 Å². The van der Waals surface area contributed by atoms with Crippen LogP contribution in [0.15, 0.2) is 41.4 Å². The minimum atomic E-state index is -0.458. The summed E-state index contributed by atoms with van der Waals surface area (Å²) in [7, 11) is 5.63. The fraction of sp³-hybridized carbons (Fsp3) is 0.615. The third kappa shape index (κ3) is 9.48. The summed E-state index contributed by atoms with van der Waals surface area (Å²) in [6.45, 7) is 10.5. The SMILES string of the molecule is CC[C@H]1CON(Cc2cccc(-c3cc(C(=O)NCCC4CC(Br)CS4)cc(N(C)C)c3)c2OC)[C@@H]1C(=O)N=CC1CCC(C)(C)C[C@@H]1C. The number of methoxy groups -OCH3 is 1. The molecule has 2 amide bonds. The van der Waals surface area contributed by atoms with Crippen molar-refractivity contribution in [2.75, 3.05) is 45.0 Å². The number of thioether (sulfide) groups is 1. The van der Waals surface area contributed by atoms with Gasteiger partial charge in [0.25, 0.3) is 11.8 Å². The average Bonchev–Trinajstić information content (AvgIpc) is 3.68. The van der Waals surface area contributed by atoms with E-state index in [1.54, 1.807) is 12.2 Å². The number of nitrogens with zero attached hydrogens (tertiary/aromatic N) is 3. The highest BCUT2D eigenvalue weighted by Gasteiger charge is 2.40. The molecule has 2 saturated heterocycles. The van der Waals surface area contributed by atoms with Crippen LogP contribution in [0.1, 0.15) is 82.1 Å². The molecule has 6 atom stereocenters. The van der Waals surface area contributed by atoms with E-state index in [4.69, 9.17) is 9.57 Å². The molecule has 5 rings (SSSR count). The monoisotopic (exact) mass is 754 g/mol. The Hall–Kier alpha value is -2.40. The van der Waals surface area contributed by atoms with E-state index in [-0.39, 0.29) is 17.7 Å². The van der Waals surface area contributed by atoms with Gasteiger partial charge >= 0.3 is 0 Å². The summed E-state index contributed by atoms with van der Waals surface area (Å²) in [6, 6.07) is 11.5. The highest BCUT2D eigenvalue weighted by Crippen LogP contribution is 2.41. The van der Waals surface area contributed by atoms with Crippen molar-refractivity contribution in [3.05, 3.63) is 47.5 Å². The zero-order valence-electron chi connectivity index (χ0n) is 30.3. The number of benzene rings is 2. The molecule has 0 spiro atoms. The molecule has 49 heavy (non-hydrogen) atoms. The Labute approximate surface area is 306 Å². The topological polar surface area (TPSA) is 83.5 Å². The zero-order chi connectivity index (χ0) is 35.3. The van der Waals surface area contributed by atoms with Gasteiger partial charge in [-0.05, 0) is 79.5 Å². The summed E-state index contributed by atoms with van der Waals surface area (Å²) in [4.78, 5) is 40.4. The number of amides is 2.